The maximum absolute atomic E-state index is 5.93. The Labute approximate surface area is 86.7 Å². The zero-order chi connectivity index (χ0) is 10.6. The zero-order valence-corrected chi connectivity index (χ0v) is 9.33. The van der Waals surface area contributed by atoms with Gasteiger partial charge in [0.1, 0.15) is 0 Å². The highest BCUT2D eigenvalue weighted by molar-refractivity contribution is 5.45. The van der Waals surface area contributed by atoms with Crippen molar-refractivity contribution in [3.05, 3.63) is 29.8 Å². The van der Waals surface area contributed by atoms with Crippen LogP contribution in [0.4, 0.5) is 5.69 Å². The van der Waals surface area contributed by atoms with E-state index in [4.69, 9.17) is 5.84 Å². The largest absolute Gasteiger partial charge is 0.311 e. The molecule has 0 heterocycles. The Morgan fingerprint density at radius 3 is 2.29 bits per heavy atom. The minimum absolute atomic E-state index is 0.700. The van der Waals surface area contributed by atoms with Crippen molar-refractivity contribution < 1.29 is 0 Å². The van der Waals surface area contributed by atoms with Crippen molar-refractivity contribution in [3.63, 3.8) is 0 Å². The maximum Gasteiger partial charge on any atom is 0.0517 e. The van der Waals surface area contributed by atoms with Gasteiger partial charge in [0.15, 0.2) is 0 Å². The lowest BCUT2D eigenvalue weighted by atomic mass is 10.1. The molecule has 0 fully saturated rings. The van der Waals surface area contributed by atoms with Crippen molar-refractivity contribution in [2.24, 2.45) is 11.8 Å². The highest BCUT2D eigenvalue weighted by Crippen LogP contribution is 2.13. The van der Waals surface area contributed by atoms with E-state index in [1.165, 1.54) is 5.56 Å². The molecule has 0 radical (unpaired) electrons. The molecule has 2 nitrogen and oxygen atoms in total. The third-order valence-corrected chi connectivity index (χ3v) is 2.31. The topological polar surface area (TPSA) is 29.3 Å². The quantitative estimate of drug-likeness (QED) is 0.587. The first kappa shape index (κ1) is 11.1. The van der Waals surface area contributed by atoms with Gasteiger partial charge >= 0.3 is 0 Å². The van der Waals surface area contributed by atoms with E-state index in [1.807, 2.05) is 5.01 Å². The van der Waals surface area contributed by atoms with Crippen LogP contribution in [0.5, 0.6) is 0 Å². The highest BCUT2D eigenvalue weighted by atomic mass is 15.4. The molecule has 0 saturated carbocycles. The summed E-state index contributed by atoms with van der Waals surface area (Å²) in [6, 6.07) is 8.31. The molecule has 0 bridgehead atoms. The van der Waals surface area contributed by atoms with Crippen molar-refractivity contribution in [1.82, 2.24) is 0 Å². The molecule has 14 heavy (non-hydrogen) atoms. The molecule has 1 aromatic rings. The van der Waals surface area contributed by atoms with E-state index in [0.29, 0.717) is 5.92 Å². The van der Waals surface area contributed by atoms with Gasteiger partial charge in [-0.1, -0.05) is 31.5 Å². The molecule has 0 saturated heterocycles. The fourth-order valence-corrected chi connectivity index (χ4v) is 1.26. The number of nitrogens with zero attached hydrogens (tertiary/aromatic N) is 1. The standard InChI is InChI=1S/C12H20N2/c1-10(2)8-9-14(13)12-6-4-11(3)5-7-12/h4-7,10H,8-9,13H2,1-3H3. The van der Waals surface area contributed by atoms with Gasteiger partial charge in [-0.05, 0) is 31.4 Å². The van der Waals surface area contributed by atoms with Gasteiger partial charge in [-0.3, -0.25) is 0 Å². The van der Waals surface area contributed by atoms with E-state index in [2.05, 4.69) is 45.0 Å². The van der Waals surface area contributed by atoms with Crippen LogP contribution >= 0.6 is 0 Å². The number of nitrogens with two attached hydrogens (primary N) is 1. The summed E-state index contributed by atoms with van der Waals surface area (Å²) in [6.45, 7) is 7.42. The van der Waals surface area contributed by atoms with Gasteiger partial charge in [-0.25, -0.2) is 5.84 Å². The van der Waals surface area contributed by atoms with Crippen LogP contribution < -0.4 is 10.9 Å². The Bertz CT molecular complexity index is 264. The Morgan fingerprint density at radius 1 is 1.21 bits per heavy atom. The van der Waals surface area contributed by atoms with Gasteiger partial charge in [0.25, 0.3) is 0 Å². The van der Waals surface area contributed by atoms with Crippen LogP contribution in [0.25, 0.3) is 0 Å². The minimum atomic E-state index is 0.700. The van der Waals surface area contributed by atoms with Crippen LogP contribution in [-0.2, 0) is 0 Å². The summed E-state index contributed by atoms with van der Waals surface area (Å²) in [5.41, 5.74) is 2.36. The van der Waals surface area contributed by atoms with E-state index in [-0.39, 0.29) is 0 Å². The molecule has 0 spiro atoms. The number of hydrazine groups is 1. The Hall–Kier alpha value is -1.02. The van der Waals surface area contributed by atoms with Crippen molar-refractivity contribution in [2.75, 3.05) is 11.6 Å². The van der Waals surface area contributed by atoms with Crippen molar-refractivity contribution in [3.8, 4) is 0 Å². The average Bonchev–Trinajstić information content (AvgIpc) is 2.15. The fourth-order valence-electron chi connectivity index (χ4n) is 1.26. The molecule has 1 rings (SSSR count). The summed E-state index contributed by atoms with van der Waals surface area (Å²) in [5, 5.41) is 1.82. The van der Waals surface area contributed by atoms with Crippen LogP contribution in [0.2, 0.25) is 0 Å². The van der Waals surface area contributed by atoms with Crippen molar-refractivity contribution in [1.29, 1.82) is 0 Å². The molecule has 2 N–H and O–H groups in total. The first-order valence-electron chi connectivity index (χ1n) is 5.18. The second-order valence-corrected chi connectivity index (χ2v) is 4.21. The SMILES string of the molecule is Cc1ccc(N(N)CCC(C)C)cc1. The summed E-state index contributed by atoms with van der Waals surface area (Å²) in [6.07, 6.45) is 1.13. The molecule has 0 aromatic heterocycles. The van der Waals surface area contributed by atoms with Crippen LogP contribution in [0.3, 0.4) is 0 Å². The normalized spacial score (nSPS) is 10.6. The Balaban J connectivity index is 2.52. The van der Waals surface area contributed by atoms with Crippen LogP contribution in [0.15, 0.2) is 24.3 Å². The zero-order valence-electron chi connectivity index (χ0n) is 9.33. The smallest absolute Gasteiger partial charge is 0.0517 e. The molecule has 0 amide bonds. The number of rotatable bonds is 4. The first-order valence-corrected chi connectivity index (χ1v) is 5.18. The number of benzene rings is 1. The van der Waals surface area contributed by atoms with Gasteiger partial charge in [0.05, 0.1) is 5.69 Å². The lowest BCUT2D eigenvalue weighted by molar-refractivity contribution is 0.577. The summed E-state index contributed by atoms with van der Waals surface area (Å²) < 4.78 is 0. The number of hydrogen-bond acceptors (Lipinski definition) is 2. The Morgan fingerprint density at radius 2 is 1.79 bits per heavy atom. The number of aryl methyl sites for hydroxylation is 1. The number of hydrogen-bond donors (Lipinski definition) is 1. The second-order valence-electron chi connectivity index (χ2n) is 4.21. The molecule has 1 aromatic carbocycles. The fraction of sp³-hybridized carbons (Fsp3) is 0.500. The summed E-state index contributed by atoms with van der Waals surface area (Å²) in [4.78, 5) is 0. The highest BCUT2D eigenvalue weighted by Gasteiger charge is 2.01. The van der Waals surface area contributed by atoms with E-state index < -0.39 is 0 Å². The monoisotopic (exact) mass is 192 g/mol. The van der Waals surface area contributed by atoms with Crippen LogP contribution in [0.1, 0.15) is 25.8 Å². The average molecular weight is 192 g/mol. The summed E-state index contributed by atoms with van der Waals surface area (Å²) >= 11 is 0. The molecule has 0 aliphatic rings. The van der Waals surface area contributed by atoms with Gasteiger partial charge in [-0.2, -0.15) is 0 Å². The third kappa shape index (κ3) is 3.38. The predicted octanol–water partition coefficient (Wildman–Crippen LogP) is 2.72. The van der Waals surface area contributed by atoms with Gasteiger partial charge in [0, 0.05) is 6.54 Å². The van der Waals surface area contributed by atoms with E-state index in [1.54, 1.807) is 0 Å². The molecule has 78 valence electrons. The Kier molecular flexibility index (Phi) is 3.96. The van der Waals surface area contributed by atoms with E-state index >= 15 is 0 Å². The third-order valence-electron chi connectivity index (χ3n) is 2.31. The van der Waals surface area contributed by atoms with Crippen molar-refractivity contribution in [2.45, 2.75) is 27.2 Å². The van der Waals surface area contributed by atoms with Gasteiger partial charge in [0.2, 0.25) is 0 Å². The molecule has 0 atom stereocenters. The lowest BCUT2D eigenvalue weighted by Crippen LogP contribution is -2.32. The molecule has 0 aliphatic carbocycles. The molecule has 0 aliphatic heterocycles. The molecule has 2 heteroatoms. The van der Waals surface area contributed by atoms with Crippen LogP contribution in [0, 0.1) is 12.8 Å². The van der Waals surface area contributed by atoms with Gasteiger partial charge in [-0.15, -0.1) is 0 Å². The molecular formula is C12H20N2. The molecule has 0 unspecified atom stereocenters. The predicted molar refractivity (Wildman–Crippen MR) is 62.2 cm³/mol. The van der Waals surface area contributed by atoms with E-state index in [0.717, 1.165) is 18.7 Å². The maximum atomic E-state index is 5.93. The minimum Gasteiger partial charge on any atom is -0.311 e. The van der Waals surface area contributed by atoms with E-state index in [9.17, 15) is 0 Å². The summed E-state index contributed by atoms with van der Waals surface area (Å²) in [5.74, 6) is 6.63. The first-order chi connectivity index (χ1) is 6.59. The van der Waals surface area contributed by atoms with Gasteiger partial charge < -0.3 is 5.01 Å². The second kappa shape index (κ2) is 5.01. The van der Waals surface area contributed by atoms with Crippen molar-refractivity contribution >= 4 is 5.69 Å². The molecular weight excluding hydrogens is 172 g/mol. The lowest BCUT2D eigenvalue weighted by Gasteiger charge is -2.19. The number of anilines is 1. The van der Waals surface area contributed by atoms with Crippen LogP contribution in [-0.4, -0.2) is 6.54 Å². The summed E-state index contributed by atoms with van der Waals surface area (Å²) in [7, 11) is 0.